The molecule has 0 spiro atoms. The Bertz CT molecular complexity index is 1220. The molecule has 4 N–H and O–H groups in total. The first-order chi connectivity index (χ1) is 15.6. The summed E-state index contributed by atoms with van der Waals surface area (Å²) in [6.45, 7) is 2.52. The smallest absolute Gasteiger partial charge is 0.352 e. The molecule has 1 aliphatic rings. The number of hydrogen-bond acceptors (Lipinski definition) is 10. The molecule has 1 fully saturated rings. The average Bonchev–Trinajstić information content (AvgIpc) is 3.06. The summed E-state index contributed by atoms with van der Waals surface area (Å²) >= 11 is 0. The van der Waals surface area contributed by atoms with E-state index < -0.39 is 59.7 Å². The summed E-state index contributed by atoms with van der Waals surface area (Å²) in [6.07, 6.45) is -0.685. The molecule has 0 aromatic carbocycles. The third-order valence-electron chi connectivity index (χ3n) is 4.35. The first-order valence-electron chi connectivity index (χ1n) is 9.39. The van der Waals surface area contributed by atoms with E-state index >= 15 is 0 Å². The van der Waals surface area contributed by atoms with E-state index in [-0.39, 0.29) is 18.5 Å². The normalized spacial score (nSPS) is 24.2. The third kappa shape index (κ3) is 7.68. The van der Waals surface area contributed by atoms with Gasteiger partial charge in [0.15, 0.2) is 0 Å². The lowest BCUT2D eigenvalue weighted by molar-refractivity contribution is -0.0273. The predicted molar refractivity (Wildman–Crippen MR) is 111 cm³/mol. The minimum absolute atomic E-state index is 0.0990. The molecule has 2 heterocycles. The summed E-state index contributed by atoms with van der Waals surface area (Å²) in [6, 6.07) is -1.04. The highest BCUT2D eigenvalue weighted by Crippen LogP contribution is 2.66. The second-order valence-corrected chi connectivity index (χ2v) is 11.4. The van der Waals surface area contributed by atoms with Crippen LogP contribution in [-0.4, -0.2) is 47.5 Å². The van der Waals surface area contributed by atoms with E-state index in [0.29, 0.717) is 6.42 Å². The highest BCUT2D eigenvalue weighted by atomic mass is 31.3. The number of aromatic nitrogens is 2. The van der Waals surface area contributed by atoms with Crippen LogP contribution in [0.2, 0.25) is 0 Å². The van der Waals surface area contributed by atoms with Crippen molar-refractivity contribution in [2.45, 2.75) is 51.6 Å². The number of hydrogen-bond donors (Lipinski definition) is 4. The van der Waals surface area contributed by atoms with Gasteiger partial charge in [0.2, 0.25) is 0 Å². The van der Waals surface area contributed by atoms with E-state index in [2.05, 4.69) is 23.2 Å². The molecule has 2 unspecified atom stereocenters. The monoisotopic (exact) mass is 549 g/mol. The lowest BCUT2D eigenvalue weighted by Crippen LogP contribution is -2.42. The molecule has 192 valence electrons. The van der Waals surface area contributed by atoms with Gasteiger partial charge in [-0.05, 0) is 18.9 Å². The van der Waals surface area contributed by atoms with Crippen LogP contribution in [0.4, 0.5) is 0 Å². The minimum Gasteiger partial charge on any atom is -0.352 e. The molecule has 5 atom stereocenters. The fraction of sp³-hybridized carbons (Fsp3) is 0.692. The molecule has 0 aliphatic carbocycles. The van der Waals surface area contributed by atoms with Crippen molar-refractivity contribution in [3.05, 3.63) is 43.0 Å². The summed E-state index contributed by atoms with van der Waals surface area (Å²) in [7, 11) is -16.7. The van der Waals surface area contributed by atoms with Crippen LogP contribution in [0.1, 0.15) is 31.6 Å². The molecule has 1 saturated heterocycles. The van der Waals surface area contributed by atoms with Crippen LogP contribution in [0.5, 0.6) is 0 Å². The first kappa shape index (κ1) is 28.6. The van der Waals surface area contributed by atoms with Gasteiger partial charge < -0.3 is 24.3 Å². The maximum absolute atomic E-state index is 12.7. The van der Waals surface area contributed by atoms with Crippen LogP contribution in [0.15, 0.2) is 20.9 Å². The van der Waals surface area contributed by atoms with Crippen molar-refractivity contribution in [2.24, 2.45) is 5.11 Å². The highest BCUT2D eigenvalue weighted by Gasteiger charge is 2.43. The zero-order valence-electron chi connectivity index (χ0n) is 17.7. The van der Waals surface area contributed by atoms with Gasteiger partial charge in [-0.25, -0.2) is 18.5 Å². The Morgan fingerprint density at radius 2 is 1.85 bits per heavy atom. The number of rotatable bonds is 11. The molecular weight excluding hydrogens is 527 g/mol. The Hall–Kier alpha value is -1.64. The zero-order chi connectivity index (χ0) is 25.9. The van der Waals surface area contributed by atoms with Gasteiger partial charge in [-0.2, -0.15) is 8.62 Å². The lowest BCUT2D eigenvalue weighted by atomic mass is 10.1. The molecule has 1 aromatic rings. The van der Waals surface area contributed by atoms with E-state index in [9.17, 15) is 33.1 Å². The molecule has 0 saturated carbocycles. The van der Waals surface area contributed by atoms with Crippen LogP contribution < -0.4 is 11.2 Å². The number of azide groups is 1. The van der Waals surface area contributed by atoms with Crippen molar-refractivity contribution in [2.75, 3.05) is 6.61 Å². The van der Waals surface area contributed by atoms with Crippen LogP contribution in [0.3, 0.4) is 0 Å². The standard InChI is InChI=1S/C13H22N5O13P3/c1-3-4-17-12(19)8(2)6-18(13(17)20)11-5-9(15-16-14)10(29-11)7-28-33(24,25)31-34(26,27)30-32(21,22)23/h6,9-11H,3-5,7H2,1-2H3,(H,24,25)(H,26,27)(H2,21,22,23)/t9-,10+,11+/m0/s1. The summed E-state index contributed by atoms with van der Waals surface area (Å²) in [5, 5.41) is 3.48. The number of aryl methyl sites for hydroxylation is 1. The van der Waals surface area contributed by atoms with Gasteiger partial charge in [0.05, 0.1) is 18.8 Å². The van der Waals surface area contributed by atoms with E-state index in [4.69, 9.17) is 20.1 Å². The average molecular weight is 549 g/mol. The van der Waals surface area contributed by atoms with Crippen LogP contribution >= 0.6 is 23.5 Å². The molecule has 1 aliphatic heterocycles. The van der Waals surface area contributed by atoms with Gasteiger partial charge in [-0.1, -0.05) is 12.0 Å². The number of phosphoric ester groups is 1. The molecule has 21 heteroatoms. The fourth-order valence-corrected chi connectivity index (χ4v) is 6.11. The topological polar surface area (TPSA) is 262 Å². The Labute approximate surface area is 190 Å². The Balaban J connectivity index is 2.22. The number of phosphoric acid groups is 3. The predicted octanol–water partition coefficient (Wildman–Crippen LogP) is 1.04. The Morgan fingerprint density at radius 1 is 1.21 bits per heavy atom. The summed E-state index contributed by atoms with van der Waals surface area (Å²) in [5.41, 5.74) is 7.84. The lowest BCUT2D eigenvalue weighted by Gasteiger charge is -2.20. The largest absolute Gasteiger partial charge is 0.490 e. The summed E-state index contributed by atoms with van der Waals surface area (Å²) < 4.78 is 53.5. The van der Waals surface area contributed by atoms with Gasteiger partial charge in [0.1, 0.15) is 6.23 Å². The second kappa shape index (κ2) is 11.0. The molecule has 0 radical (unpaired) electrons. The molecule has 1 aromatic heterocycles. The van der Waals surface area contributed by atoms with Crippen molar-refractivity contribution in [3.63, 3.8) is 0 Å². The molecule has 18 nitrogen and oxygen atoms in total. The van der Waals surface area contributed by atoms with Crippen LogP contribution in [0.25, 0.3) is 10.4 Å². The summed E-state index contributed by atoms with van der Waals surface area (Å²) in [4.78, 5) is 63.5. The number of ether oxygens (including phenoxy) is 1. The van der Waals surface area contributed by atoms with Crippen molar-refractivity contribution in [1.29, 1.82) is 0 Å². The fourth-order valence-electron chi connectivity index (χ4n) is 3.08. The van der Waals surface area contributed by atoms with Crippen LogP contribution in [-0.2, 0) is 38.1 Å². The van der Waals surface area contributed by atoms with Crippen molar-refractivity contribution >= 4 is 23.5 Å². The molecule has 0 bridgehead atoms. The summed E-state index contributed by atoms with van der Waals surface area (Å²) in [5.74, 6) is 0. The van der Waals surface area contributed by atoms with Gasteiger partial charge in [-0.3, -0.25) is 18.5 Å². The molecule has 2 rings (SSSR count). The minimum atomic E-state index is -5.72. The van der Waals surface area contributed by atoms with E-state index in [1.807, 2.05) is 0 Å². The van der Waals surface area contributed by atoms with Crippen molar-refractivity contribution < 1.29 is 51.2 Å². The maximum Gasteiger partial charge on any atom is 0.490 e. The van der Waals surface area contributed by atoms with Crippen molar-refractivity contribution in [3.8, 4) is 0 Å². The second-order valence-electron chi connectivity index (χ2n) is 6.98. The van der Waals surface area contributed by atoms with Crippen molar-refractivity contribution in [1.82, 2.24) is 9.13 Å². The quantitative estimate of drug-likeness (QED) is 0.130. The van der Waals surface area contributed by atoms with Gasteiger partial charge >= 0.3 is 29.2 Å². The van der Waals surface area contributed by atoms with Crippen LogP contribution in [0, 0.1) is 6.92 Å². The van der Waals surface area contributed by atoms with E-state index in [0.717, 1.165) is 9.13 Å². The zero-order valence-corrected chi connectivity index (χ0v) is 20.4. The SMILES string of the molecule is CCCn1c(=O)c(C)cn([C@H]2C[C@H](N=[N+]=[N-])[C@@H](COP(=O)(O)OP(=O)(O)OP(=O)(O)O)O2)c1=O. The molecular formula is C13H22N5O13P3. The third-order valence-corrected chi connectivity index (χ3v) is 8.15. The van der Waals surface area contributed by atoms with Gasteiger partial charge in [-0.15, -0.1) is 0 Å². The Morgan fingerprint density at radius 3 is 2.41 bits per heavy atom. The van der Waals surface area contributed by atoms with Gasteiger partial charge in [0.25, 0.3) is 5.56 Å². The van der Waals surface area contributed by atoms with Gasteiger partial charge in [0, 0.05) is 29.6 Å². The van der Waals surface area contributed by atoms with E-state index in [1.54, 1.807) is 6.92 Å². The molecule has 0 amide bonds. The maximum atomic E-state index is 12.7. The first-order valence-corrected chi connectivity index (χ1v) is 13.9. The number of nitrogens with zero attached hydrogens (tertiary/aromatic N) is 5. The van der Waals surface area contributed by atoms with E-state index in [1.165, 1.54) is 13.1 Å². The highest BCUT2D eigenvalue weighted by molar-refractivity contribution is 7.66. The Kier molecular flexibility index (Phi) is 9.22. The molecule has 34 heavy (non-hydrogen) atoms.